The Balaban J connectivity index is 1.34. The molecule has 2 aliphatic heterocycles. The number of carbonyl (C=O) groups is 1. The number of alkyl halides is 1. The van der Waals surface area contributed by atoms with Gasteiger partial charge in [-0.3, -0.25) is 9.88 Å². The monoisotopic (exact) mass is 437 g/mol. The van der Waals surface area contributed by atoms with E-state index < -0.39 is 5.67 Å². The van der Waals surface area contributed by atoms with E-state index >= 15 is 4.39 Å². The molecule has 2 aromatic rings. The molecule has 1 atom stereocenters. The van der Waals surface area contributed by atoms with Gasteiger partial charge in [-0.2, -0.15) is 5.26 Å². The molecule has 1 unspecified atom stereocenters. The maximum atomic E-state index is 15.4. The number of carbonyl (C=O) groups excluding carboxylic acids is 1. The van der Waals surface area contributed by atoms with Crippen LogP contribution in [0.25, 0.3) is 0 Å². The summed E-state index contributed by atoms with van der Waals surface area (Å²) in [6, 6.07) is 11.1. The van der Waals surface area contributed by atoms with Crippen LogP contribution in [0.1, 0.15) is 41.6 Å². The summed E-state index contributed by atoms with van der Waals surface area (Å²) in [5.41, 5.74) is 2.20. The zero-order valence-electron chi connectivity index (χ0n) is 18.2. The molecule has 7 nitrogen and oxygen atoms in total. The third kappa shape index (κ3) is 5.23. The van der Waals surface area contributed by atoms with Gasteiger partial charge in [0.15, 0.2) is 5.67 Å². The first-order valence-corrected chi connectivity index (χ1v) is 11.0. The van der Waals surface area contributed by atoms with Gasteiger partial charge >= 0.3 is 6.03 Å². The topological polar surface area (TPSA) is 90.3 Å². The number of amides is 2. The van der Waals surface area contributed by atoms with Gasteiger partial charge in [0.05, 0.1) is 23.9 Å². The van der Waals surface area contributed by atoms with Crippen LogP contribution < -0.4 is 10.6 Å². The average molecular weight is 438 g/mol. The molecule has 0 bridgehead atoms. The van der Waals surface area contributed by atoms with Gasteiger partial charge in [-0.25, -0.2) is 9.18 Å². The number of nitriles is 1. The summed E-state index contributed by atoms with van der Waals surface area (Å²) in [5.74, 6) is 0. The lowest BCUT2D eigenvalue weighted by atomic mass is 9.89. The van der Waals surface area contributed by atoms with E-state index in [0.29, 0.717) is 56.9 Å². The minimum Gasteiger partial charge on any atom is -0.379 e. The fourth-order valence-electron chi connectivity index (χ4n) is 4.20. The number of urea groups is 1. The zero-order valence-corrected chi connectivity index (χ0v) is 18.2. The molecule has 4 rings (SSSR count). The van der Waals surface area contributed by atoms with Gasteiger partial charge in [-0.05, 0) is 55.5 Å². The van der Waals surface area contributed by atoms with Gasteiger partial charge in [0, 0.05) is 38.1 Å². The highest BCUT2D eigenvalue weighted by Crippen LogP contribution is 2.36. The van der Waals surface area contributed by atoms with E-state index in [2.05, 4.69) is 20.5 Å². The number of halogens is 1. The van der Waals surface area contributed by atoms with Gasteiger partial charge in [0.1, 0.15) is 6.07 Å². The number of anilines is 1. The summed E-state index contributed by atoms with van der Waals surface area (Å²) in [6.07, 6.45) is 2.97. The molecule has 3 heterocycles. The maximum absolute atomic E-state index is 15.4. The van der Waals surface area contributed by atoms with Crippen molar-refractivity contribution in [2.75, 3.05) is 31.6 Å². The first-order chi connectivity index (χ1) is 15.4. The van der Waals surface area contributed by atoms with Gasteiger partial charge in [0.2, 0.25) is 0 Å². The first-order valence-electron chi connectivity index (χ1n) is 11.0. The normalized spacial score (nSPS) is 20.5. The fourth-order valence-corrected chi connectivity index (χ4v) is 4.20. The summed E-state index contributed by atoms with van der Waals surface area (Å²) in [6.45, 7) is 5.09. The number of rotatable bonds is 5. The van der Waals surface area contributed by atoms with Crippen molar-refractivity contribution in [3.63, 3.8) is 0 Å². The van der Waals surface area contributed by atoms with E-state index in [1.807, 2.05) is 31.2 Å². The van der Waals surface area contributed by atoms with Crippen LogP contribution in [0, 0.1) is 18.3 Å². The summed E-state index contributed by atoms with van der Waals surface area (Å²) in [7, 11) is 0. The number of hydrogen-bond donors (Lipinski definition) is 2. The quantitative estimate of drug-likeness (QED) is 0.746. The van der Waals surface area contributed by atoms with Gasteiger partial charge in [-0.1, -0.05) is 12.1 Å². The Bertz CT molecular complexity index is 990. The molecule has 0 spiro atoms. The minimum absolute atomic E-state index is 0.0541. The van der Waals surface area contributed by atoms with Crippen LogP contribution in [0.15, 0.2) is 36.5 Å². The summed E-state index contributed by atoms with van der Waals surface area (Å²) < 4.78 is 20.7. The average Bonchev–Trinajstić information content (AvgIpc) is 3.30. The van der Waals surface area contributed by atoms with Crippen LogP contribution in [0.3, 0.4) is 0 Å². The number of aromatic nitrogens is 1. The second-order valence-electron chi connectivity index (χ2n) is 8.59. The first kappa shape index (κ1) is 22.2. The lowest BCUT2D eigenvalue weighted by molar-refractivity contribution is 0.0490. The number of aryl methyl sites for hydroxylation is 1. The van der Waals surface area contributed by atoms with E-state index in [9.17, 15) is 4.79 Å². The van der Waals surface area contributed by atoms with E-state index in [0.717, 1.165) is 23.2 Å². The molecule has 0 aliphatic carbocycles. The molecule has 2 saturated heterocycles. The smallest absolute Gasteiger partial charge is 0.319 e. The van der Waals surface area contributed by atoms with Crippen molar-refractivity contribution in [3.8, 4) is 6.07 Å². The second-order valence-corrected chi connectivity index (χ2v) is 8.59. The molecule has 2 aliphatic rings. The van der Waals surface area contributed by atoms with Crippen LogP contribution >= 0.6 is 0 Å². The molecule has 32 heavy (non-hydrogen) atoms. The number of benzene rings is 1. The summed E-state index contributed by atoms with van der Waals surface area (Å²) in [5, 5.41) is 14.8. The molecule has 0 saturated carbocycles. The van der Waals surface area contributed by atoms with Gasteiger partial charge < -0.3 is 15.4 Å². The SMILES string of the molecule is Cc1ccc(CN2CCC(F)(c3ccc(C#N)cn3)CC2)cc1NC(=O)NC1CCOC1. The Kier molecular flexibility index (Phi) is 6.68. The van der Waals surface area contributed by atoms with E-state index in [-0.39, 0.29) is 12.1 Å². The van der Waals surface area contributed by atoms with Crippen LogP contribution in [0.4, 0.5) is 14.9 Å². The minimum atomic E-state index is -1.47. The summed E-state index contributed by atoms with van der Waals surface area (Å²) >= 11 is 0. The van der Waals surface area contributed by atoms with Crippen molar-refractivity contribution >= 4 is 11.7 Å². The van der Waals surface area contributed by atoms with Crippen LogP contribution in [-0.4, -0.2) is 48.3 Å². The number of piperidine rings is 1. The fraction of sp³-hybridized carbons (Fsp3) is 0.458. The predicted octanol–water partition coefficient (Wildman–Crippen LogP) is 3.63. The van der Waals surface area contributed by atoms with Crippen molar-refractivity contribution in [1.29, 1.82) is 5.26 Å². The molecule has 168 valence electrons. The van der Waals surface area contributed by atoms with E-state index in [1.54, 1.807) is 12.1 Å². The highest BCUT2D eigenvalue weighted by molar-refractivity contribution is 5.90. The van der Waals surface area contributed by atoms with Crippen molar-refractivity contribution in [1.82, 2.24) is 15.2 Å². The number of pyridine rings is 1. The predicted molar refractivity (Wildman–Crippen MR) is 119 cm³/mol. The highest BCUT2D eigenvalue weighted by Gasteiger charge is 2.37. The van der Waals surface area contributed by atoms with Crippen molar-refractivity contribution in [2.45, 2.75) is 44.4 Å². The number of nitrogens with zero attached hydrogens (tertiary/aromatic N) is 3. The number of likely N-dealkylation sites (tertiary alicyclic amines) is 1. The molecule has 2 N–H and O–H groups in total. The van der Waals surface area contributed by atoms with Crippen molar-refractivity contribution < 1.29 is 13.9 Å². The molecule has 2 amide bonds. The Morgan fingerprint density at radius 2 is 2.16 bits per heavy atom. The van der Waals surface area contributed by atoms with E-state index in [1.165, 1.54) is 6.20 Å². The zero-order chi connectivity index (χ0) is 22.6. The molecule has 8 heteroatoms. The molecule has 1 aromatic carbocycles. The Labute approximate surface area is 187 Å². The number of ether oxygens (including phenoxy) is 1. The maximum Gasteiger partial charge on any atom is 0.319 e. The largest absolute Gasteiger partial charge is 0.379 e. The second kappa shape index (κ2) is 9.63. The molecular formula is C24H28FN5O2. The highest BCUT2D eigenvalue weighted by atomic mass is 19.1. The third-order valence-electron chi connectivity index (χ3n) is 6.22. The van der Waals surface area contributed by atoms with Crippen LogP contribution in [0.5, 0.6) is 0 Å². The van der Waals surface area contributed by atoms with Crippen LogP contribution in [-0.2, 0) is 17.0 Å². The lowest BCUT2D eigenvalue weighted by Gasteiger charge is -2.36. The number of hydrogen-bond acceptors (Lipinski definition) is 5. The third-order valence-corrected chi connectivity index (χ3v) is 6.22. The molecule has 0 radical (unpaired) electrons. The Morgan fingerprint density at radius 1 is 1.34 bits per heavy atom. The Morgan fingerprint density at radius 3 is 2.81 bits per heavy atom. The van der Waals surface area contributed by atoms with Gasteiger partial charge in [0.25, 0.3) is 0 Å². The lowest BCUT2D eigenvalue weighted by Crippen LogP contribution is -2.40. The Hall–Kier alpha value is -3.02. The molecule has 2 fully saturated rings. The van der Waals surface area contributed by atoms with E-state index in [4.69, 9.17) is 10.00 Å². The van der Waals surface area contributed by atoms with Crippen molar-refractivity contribution in [3.05, 3.63) is 58.9 Å². The van der Waals surface area contributed by atoms with Crippen LogP contribution in [0.2, 0.25) is 0 Å². The van der Waals surface area contributed by atoms with Crippen molar-refractivity contribution in [2.24, 2.45) is 0 Å². The standard InChI is InChI=1S/C24H28FN5O2/c1-17-2-3-18(12-21(17)29-23(31)28-20-6-11-32-16-20)15-30-9-7-24(25,8-10-30)22-5-4-19(13-26)14-27-22/h2-5,12,14,20H,6-11,15-16H2,1H3,(H2,28,29,31). The van der Waals surface area contributed by atoms with Gasteiger partial charge in [-0.15, -0.1) is 0 Å². The number of nitrogens with one attached hydrogen (secondary N) is 2. The summed E-state index contributed by atoms with van der Waals surface area (Å²) in [4.78, 5) is 18.7. The molecule has 1 aromatic heterocycles. The molecular weight excluding hydrogens is 409 g/mol.